The largest absolute Gasteiger partial charge is 0.476 e. The second-order valence-electron chi connectivity index (χ2n) is 4.34. The van der Waals surface area contributed by atoms with Crippen molar-refractivity contribution in [3.63, 3.8) is 0 Å². The lowest BCUT2D eigenvalue weighted by molar-refractivity contribution is 0.0692. The number of pyridine rings is 1. The molecule has 2 aromatic heterocycles. The Morgan fingerprint density at radius 1 is 1.27 bits per heavy atom. The van der Waals surface area contributed by atoms with E-state index in [1.165, 1.54) is 16.5 Å². The molecule has 1 aromatic carbocycles. The third-order valence-corrected chi connectivity index (χ3v) is 3.06. The zero-order chi connectivity index (χ0) is 15.7. The van der Waals surface area contributed by atoms with Crippen LogP contribution in [0.4, 0.5) is 15.9 Å². The Hall–Kier alpha value is -2.80. The van der Waals surface area contributed by atoms with Gasteiger partial charge in [-0.1, -0.05) is 17.7 Å². The van der Waals surface area contributed by atoms with Crippen LogP contribution in [0.5, 0.6) is 0 Å². The highest BCUT2D eigenvalue weighted by atomic mass is 35.5. The minimum absolute atomic E-state index is 0.0676. The lowest BCUT2D eigenvalue weighted by Gasteiger charge is -1.97. The van der Waals surface area contributed by atoms with Gasteiger partial charge in [-0.3, -0.25) is 4.40 Å². The number of fused-ring (bicyclic) bond motifs is 1. The molecule has 0 unspecified atom stereocenters. The van der Waals surface area contributed by atoms with Crippen LogP contribution in [0.25, 0.3) is 5.65 Å². The molecule has 2 heterocycles. The molecule has 0 aliphatic carbocycles. The second kappa shape index (κ2) is 5.53. The molecule has 0 fully saturated rings. The SMILES string of the molecule is O=C(O)c1nc2ccc(F)cn2c1N=Nc1cccc(Cl)c1. The van der Waals surface area contributed by atoms with Gasteiger partial charge < -0.3 is 5.11 Å². The van der Waals surface area contributed by atoms with Gasteiger partial charge in [0.25, 0.3) is 0 Å². The number of imidazole rings is 1. The standard InChI is InChI=1S/C14H8ClFN4O2/c15-8-2-1-3-10(6-8)18-19-13-12(14(21)22)17-11-5-4-9(16)7-20(11)13/h1-7H,(H,21,22). The second-order valence-corrected chi connectivity index (χ2v) is 4.78. The number of aromatic carboxylic acids is 1. The Bertz CT molecular complexity index is 907. The van der Waals surface area contributed by atoms with Crippen LogP contribution in [0, 0.1) is 5.82 Å². The number of hydrogen-bond acceptors (Lipinski definition) is 4. The van der Waals surface area contributed by atoms with Crippen LogP contribution in [0.1, 0.15) is 10.5 Å². The number of nitrogens with zero attached hydrogens (tertiary/aromatic N) is 4. The fraction of sp³-hybridized carbons (Fsp3) is 0. The van der Waals surface area contributed by atoms with Gasteiger partial charge in [0.05, 0.1) is 5.69 Å². The molecule has 0 aliphatic rings. The van der Waals surface area contributed by atoms with E-state index in [-0.39, 0.29) is 17.2 Å². The summed E-state index contributed by atoms with van der Waals surface area (Å²) in [5.41, 5.74) is 0.394. The lowest BCUT2D eigenvalue weighted by Crippen LogP contribution is -1.96. The average Bonchev–Trinajstić information content (AvgIpc) is 2.83. The van der Waals surface area contributed by atoms with Gasteiger partial charge in [0.15, 0.2) is 11.5 Å². The first kappa shape index (κ1) is 14.2. The van der Waals surface area contributed by atoms with E-state index >= 15 is 0 Å². The molecule has 110 valence electrons. The van der Waals surface area contributed by atoms with Gasteiger partial charge in [-0.15, -0.1) is 10.2 Å². The van der Waals surface area contributed by atoms with E-state index in [1.54, 1.807) is 24.3 Å². The molecule has 8 heteroatoms. The summed E-state index contributed by atoms with van der Waals surface area (Å²) in [7, 11) is 0. The van der Waals surface area contributed by atoms with Crippen molar-refractivity contribution in [2.45, 2.75) is 0 Å². The maximum absolute atomic E-state index is 13.4. The van der Waals surface area contributed by atoms with Crippen LogP contribution in [0.2, 0.25) is 5.02 Å². The van der Waals surface area contributed by atoms with Crippen molar-refractivity contribution in [2.75, 3.05) is 0 Å². The highest BCUT2D eigenvalue weighted by Crippen LogP contribution is 2.25. The van der Waals surface area contributed by atoms with Crippen molar-refractivity contribution in [3.8, 4) is 0 Å². The van der Waals surface area contributed by atoms with Crippen LogP contribution in [-0.4, -0.2) is 20.5 Å². The number of benzene rings is 1. The van der Waals surface area contributed by atoms with Gasteiger partial charge in [-0.25, -0.2) is 14.2 Å². The summed E-state index contributed by atoms with van der Waals surface area (Å²) >= 11 is 5.84. The number of hydrogen-bond donors (Lipinski definition) is 1. The monoisotopic (exact) mass is 318 g/mol. The van der Waals surface area contributed by atoms with Gasteiger partial charge in [0.1, 0.15) is 11.5 Å². The highest BCUT2D eigenvalue weighted by Gasteiger charge is 2.18. The Morgan fingerprint density at radius 3 is 2.82 bits per heavy atom. The molecule has 0 saturated heterocycles. The Morgan fingerprint density at radius 2 is 2.09 bits per heavy atom. The quantitative estimate of drug-likeness (QED) is 0.733. The van der Waals surface area contributed by atoms with Gasteiger partial charge in [0, 0.05) is 11.2 Å². The number of carbonyl (C=O) groups is 1. The number of carboxylic acid groups (broad SMARTS) is 1. The highest BCUT2D eigenvalue weighted by molar-refractivity contribution is 6.30. The summed E-state index contributed by atoms with van der Waals surface area (Å²) in [5.74, 6) is -1.88. The summed E-state index contributed by atoms with van der Waals surface area (Å²) in [6, 6.07) is 9.12. The third kappa shape index (κ3) is 2.66. The van der Waals surface area contributed by atoms with Crippen LogP contribution in [0.15, 0.2) is 52.8 Å². The number of rotatable bonds is 3. The maximum atomic E-state index is 13.4. The number of carboxylic acids is 1. The number of halogens is 2. The van der Waals surface area contributed by atoms with Crippen molar-refractivity contribution in [3.05, 3.63) is 59.1 Å². The van der Waals surface area contributed by atoms with Gasteiger partial charge in [0.2, 0.25) is 0 Å². The van der Waals surface area contributed by atoms with E-state index in [2.05, 4.69) is 15.2 Å². The molecule has 0 bridgehead atoms. The van der Waals surface area contributed by atoms with Crippen LogP contribution < -0.4 is 0 Å². The predicted octanol–water partition coefficient (Wildman–Crippen LogP) is 4.24. The van der Waals surface area contributed by atoms with Gasteiger partial charge >= 0.3 is 5.97 Å². The van der Waals surface area contributed by atoms with Crippen molar-refractivity contribution in [1.29, 1.82) is 0 Å². The molecule has 3 rings (SSSR count). The third-order valence-electron chi connectivity index (χ3n) is 2.83. The summed E-state index contributed by atoms with van der Waals surface area (Å²) in [5, 5.41) is 17.5. The van der Waals surface area contributed by atoms with Crippen molar-refractivity contribution >= 4 is 34.7 Å². The summed E-state index contributed by atoms with van der Waals surface area (Å²) < 4.78 is 14.6. The predicted molar refractivity (Wildman–Crippen MR) is 77.7 cm³/mol. The fourth-order valence-electron chi connectivity index (χ4n) is 1.89. The molecular weight excluding hydrogens is 311 g/mol. The van der Waals surface area contributed by atoms with Crippen LogP contribution >= 0.6 is 11.6 Å². The first-order valence-corrected chi connectivity index (χ1v) is 6.50. The molecule has 6 nitrogen and oxygen atoms in total. The molecule has 1 N–H and O–H groups in total. The van der Waals surface area contributed by atoms with E-state index in [0.29, 0.717) is 10.7 Å². The molecule has 22 heavy (non-hydrogen) atoms. The van der Waals surface area contributed by atoms with Crippen molar-refractivity contribution in [2.24, 2.45) is 10.2 Å². The Kier molecular flexibility index (Phi) is 3.56. The molecule has 0 spiro atoms. The van der Waals surface area contributed by atoms with E-state index in [0.717, 1.165) is 6.20 Å². The first-order valence-electron chi connectivity index (χ1n) is 6.13. The fourth-order valence-corrected chi connectivity index (χ4v) is 2.07. The smallest absolute Gasteiger partial charge is 0.358 e. The first-order chi connectivity index (χ1) is 10.5. The van der Waals surface area contributed by atoms with Crippen molar-refractivity contribution in [1.82, 2.24) is 9.38 Å². The Labute approximate surface area is 128 Å². The zero-order valence-corrected chi connectivity index (χ0v) is 11.7. The van der Waals surface area contributed by atoms with Crippen LogP contribution in [0.3, 0.4) is 0 Å². The molecule has 0 atom stereocenters. The topological polar surface area (TPSA) is 79.3 Å². The molecule has 0 amide bonds. The molecule has 0 radical (unpaired) electrons. The van der Waals surface area contributed by atoms with Gasteiger partial charge in [-0.2, -0.15) is 0 Å². The molecule has 0 aliphatic heterocycles. The molecular formula is C14H8ClFN4O2. The Balaban J connectivity index is 2.14. The van der Waals surface area contributed by atoms with E-state index in [4.69, 9.17) is 11.6 Å². The minimum Gasteiger partial charge on any atom is -0.476 e. The zero-order valence-electron chi connectivity index (χ0n) is 10.9. The summed E-state index contributed by atoms with van der Waals surface area (Å²) in [4.78, 5) is 15.1. The van der Waals surface area contributed by atoms with Gasteiger partial charge in [-0.05, 0) is 30.3 Å². The number of aromatic nitrogens is 2. The lowest BCUT2D eigenvalue weighted by atomic mass is 10.3. The summed E-state index contributed by atoms with van der Waals surface area (Å²) in [6.07, 6.45) is 1.10. The maximum Gasteiger partial charge on any atom is 0.358 e. The summed E-state index contributed by atoms with van der Waals surface area (Å²) in [6.45, 7) is 0. The normalized spacial score (nSPS) is 11.4. The van der Waals surface area contributed by atoms with E-state index in [9.17, 15) is 14.3 Å². The van der Waals surface area contributed by atoms with E-state index in [1.807, 2.05) is 0 Å². The molecule has 3 aromatic rings. The number of azo groups is 1. The van der Waals surface area contributed by atoms with Crippen molar-refractivity contribution < 1.29 is 14.3 Å². The minimum atomic E-state index is -1.27. The molecule has 0 saturated carbocycles. The average molecular weight is 319 g/mol. The van der Waals surface area contributed by atoms with Crippen LogP contribution in [-0.2, 0) is 0 Å². The van der Waals surface area contributed by atoms with E-state index < -0.39 is 11.8 Å².